The van der Waals surface area contributed by atoms with Crippen LogP contribution in [0.15, 0.2) is 243 Å². The lowest BCUT2D eigenvalue weighted by Gasteiger charge is -2.45. The molecule has 11 aromatic rings. The maximum atomic E-state index is 6.87. The van der Waals surface area contributed by atoms with Crippen LogP contribution in [-0.4, -0.2) is 6.71 Å². The number of benzene rings is 11. The van der Waals surface area contributed by atoms with Crippen molar-refractivity contribution in [1.82, 2.24) is 0 Å². The van der Waals surface area contributed by atoms with Crippen molar-refractivity contribution in [3.05, 3.63) is 287 Å². The molecule has 0 amide bonds. The molecule has 3 aliphatic heterocycles. The molecule has 0 radical (unpaired) electrons. The van der Waals surface area contributed by atoms with Crippen LogP contribution in [-0.2, 0) is 21.7 Å². The Morgan fingerprint density at radius 3 is 1.41 bits per heavy atom. The third-order valence-electron chi connectivity index (χ3n) is 18.6. The fourth-order valence-electron chi connectivity index (χ4n) is 14.4. The minimum atomic E-state index is -0.647. The Morgan fingerprint density at radius 2 is 0.847 bits per heavy atom. The van der Waals surface area contributed by atoms with Crippen molar-refractivity contribution >= 4 is 74.3 Å². The highest BCUT2D eigenvalue weighted by atomic mass is 16.5. The summed E-state index contributed by atoms with van der Waals surface area (Å²) in [5.41, 5.74) is 28.2. The molecule has 11 aromatic carbocycles. The number of nitrogens with zero attached hydrogens (tertiary/aromatic N) is 3. The summed E-state index contributed by atoms with van der Waals surface area (Å²) in [5, 5.41) is 0. The first kappa shape index (κ1) is 52.5. The molecule has 0 fully saturated rings. The number of ether oxygens (including phenoxy) is 1. The fraction of sp³-hybridized carbons (Fsp3) is 0.175. The van der Waals surface area contributed by atoms with Crippen LogP contribution in [0.1, 0.15) is 107 Å². The summed E-state index contributed by atoms with van der Waals surface area (Å²) in [7, 11) is 0. The van der Waals surface area contributed by atoms with Gasteiger partial charge in [0.05, 0.1) is 11.1 Å². The molecule has 15 rings (SSSR count). The number of hydrogen-bond acceptors (Lipinski definition) is 4. The van der Waals surface area contributed by atoms with Crippen LogP contribution in [0, 0.1) is 6.92 Å². The quantitative estimate of drug-likeness (QED) is 0.154. The molecule has 5 heteroatoms. The molecule has 414 valence electrons. The van der Waals surface area contributed by atoms with Crippen LogP contribution in [0.3, 0.4) is 0 Å². The number of rotatable bonds is 6. The first-order valence-corrected chi connectivity index (χ1v) is 30.3. The van der Waals surface area contributed by atoms with E-state index in [0.29, 0.717) is 0 Å². The van der Waals surface area contributed by atoms with Gasteiger partial charge in [-0.05, 0) is 175 Å². The predicted molar refractivity (Wildman–Crippen MR) is 359 cm³/mol. The van der Waals surface area contributed by atoms with E-state index in [1.165, 1.54) is 89.1 Å². The Labute approximate surface area is 502 Å². The standard InChI is InChI=1S/C80H70BN3O/c1-51-46-72-76-73(47-51)84(58-42-36-55(37-43-58)79(8,9)10)71-50-66-62(61-25-14-16-26-63(61)80(66)64-27-17-20-30-74(64)85-75-31-21-18-28-65(75)80)49-68(71)81(76)67-45-44-59(48-70(67)83(72)57-40-34-54(35-41-57)78(5,6)7)82(56-38-32-53(33-39-56)77(2,3)4)69-29-19-15-24-60(69)52-22-12-11-13-23-52/h11-50H,1-10H3. The molecular formula is C80H70BN3O. The number of fused-ring (bicyclic) bond motifs is 13. The van der Waals surface area contributed by atoms with Gasteiger partial charge in [-0.25, -0.2) is 0 Å². The van der Waals surface area contributed by atoms with Gasteiger partial charge >= 0.3 is 0 Å². The van der Waals surface area contributed by atoms with Gasteiger partial charge in [0, 0.05) is 62.2 Å². The van der Waals surface area contributed by atoms with Crippen molar-refractivity contribution in [3.8, 4) is 33.8 Å². The Kier molecular flexibility index (Phi) is 11.8. The maximum absolute atomic E-state index is 6.87. The third kappa shape index (κ3) is 8.18. The Morgan fingerprint density at radius 1 is 0.376 bits per heavy atom. The molecule has 85 heavy (non-hydrogen) atoms. The smallest absolute Gasteiger partial charge is 0.252 e. The van der Waals surface area contributed by atoms with Gasteiger partial charge in [-0.1, -0.05) is 220 Å². The van der Waals surface area contributed by atoms with Gasteiger partial charge in [0.15, 0.2) is 0 Å². The lowest BCUT2D eigenvalue weighted by Crippen LogP contribution is -2.61. The normalized spacial score (nSPS) is 14.1. The van der Waals surface area contributed by atoms with E-state index >= 15 is 0 Å². The molecule has 0 saturated heterocycles. The highest BCUT2D eigenvalue weighted by molar-refractivity contribution is 7.00. The first-order chi connectivity index (χ1) is 41.0. The predicted octanol–water partition coefficient (Wildman–Crippen LogP) is 19.6. The van der Waals surface area contributed by atoms with E-state index in [-0.39, 0.29) is 23.0 Å². The van der Waals surface area contributed by atoms with Crippen LogP contribution in [0.5, 0.6) is 11.5 Å². The number of aryl methyl sites for hydroxylation is 1. The second kappa shape index (κ2) is 19.1. The van der Waals surface area contributed by atoms with Gasteiger partial charge < -0.3 is 19.4 Å². The molecular weight excluding hydrogens is 1030 g/mol. The van der Waals surface area contributed by atoms with Crippen LogP contribution in [0.25, 0.3) is 22.3 Å². The third-order valence-corrected chi connectivity index (χ3v) is 18.6. The summed E-state index contributed by atoms with van der Waals surface area (Å²) in [6.07, 6.45) is 0. The Bertz CT molecular complexity index is 4420. The number of para-hydroxylation sites is 3. The van der Waals surface area contributed by atoms with Crippen molar-refractivity contribution in [2.24, 2.45) is 0 Å². The van der Waals surface area contributed by atoms with E-state index in [9.17, 15) is 0 Å². The van der Waals surface area contributed by atoms with Gasteiger partial charge in [0.1, 0.15) is 11.5 Å². The molecule has 4 aliphatic rings. The molecule has 1 aliphatic carbocycles. The molecule has 4 nitrogen and oxygen atoms in total. The zero-order valence-electron chi connectivity index (χ0n) is 50.4. The Hall–Kier alpha value is -9.32. The van der Waals surface area contributed by atoms with Crippen molar-refractivity contribution in [2.45, 2.75) is 90.9 Å². The largest absolute Gasteiger partial charge is 0.457 e. The van der Waals surface area contributed by atoms with E-state index < -0.39 is 5.41 Å². The van der Waals surface area contributed by atoms with Gasteiger partial charge in [-0.3, -0.25) is 0 Å². The van der Waals surface area contributed by atoms with E-state index in [4.69, 9.17) is 4.74 Å². The summed E-state index contributed by atoms with van der Waals surface area (Å²) < 4.78 is 6.87. The summed E-state index contributed by atoms with van der Waals surface area (Å²) in [4.78, 5) is 7.66. The minimum absolute atomic E-state index is 0.00510. The van der Waals surface area contributed by atoms with Gasteiger partial charge in [0.2, 0.25) is 0 Å². The van der Waals surface area contributed by atoms with E-state index in [0.717, 1.165) is 56.8 Å². The minimum Gasteiger partial charge on any atom is -0.457 e. The van der Waals surface area contributed by atoms with E-state index in [1.807, 2.05) is 0 Å². The van der Waals surface area contributed by atoms with Crippen molar-refractivity contribution in [1.29, 1.82) is 0 Å². The fourth-order valence-corrected chi connectivity index (χ4v) is 14.4. The van der Waals surface area contributed by atoms with Gasteiger partial charge in [-0.15, -0.1) is 0 Å². The molecule has 0 atom stereocenters. The summed E-state index contributed by atoms with van der Waals surface area (Å²) >= 11 is 0. The van der Waals surface area contributed by atoms with Crippen LogP contribution < -0.4 is 35.8 Å². The molecule has 0 bridgehead atoms. The molecule has 0 saturated carbocycles. The highest BCUT2D eigenvalue weighted by Crippen LogP contribution is 2.63. The zero-order chi connectivity index (χ0) is 58.3. The molecule has 0 aromatic heterocycles. The molecule has 1 spiro atoms. The molecule has 0 N–H and O–H groups in total. The Balaban J connectivity index is 1.04. The van der Waals surface area contributed by atoms with Crippen LogP contribution in [0.4, 0.5) is 51.2 Å². The molecule has 0 unspecified atom stereocenters. The van der Waals surface area contributed by atoms with Crippen molar-refractivity contribution in [3.63, 3.8) is 0 Å². The zero-order valence-corrected chi connectivity index (χ0v) is 50.4. The lowest BCUT2D eigenvalue weighted by atomic mass is 9.33. The second-order valence-electron chi connectivity index (χ2n) is 27.0. The summed E-state index contributed by atoms with van der Waals surface area (Å²) in [6, 6.07) is 91.8. The number of hydrogen-bond donors (Lipinski definition) is 0. The lowest BCUT2D eigenvalue weighted by molar-refractivity contribution is 0.436. The summed E-state index contributed by atoms with van der Waals surface area (Å²) in [6.45, 7) is 22.8. The number of anilines is 9. The second-order valence-corrected chi connectivity index (χ2v) is 27.0. The van der Waals surface area contributed by atoms with Crippen LogP contribution in [0.2, 0.25) is 0 Å². The monoisotopic (exact) mass is 1100 g/mol. The topological polar surface area (TPSA) is 19.0 Å². The van der Waals surface area contributed by atoms with Gasteiger partial charge in [-0.2, -0.15) is 0 Å². The molecule has 3 heterocycles. The highest BCUT2D eigenvalue weighted by Gasteiger charge is 2.53. The van der Waals surface area contributed by atoms with Crippen LogP contribution >= 0.6 is 0 Å². The maximum Gasteiger partial charge on any atom is 0.252 e. The van der Waals surface area contributed by atoms with Crippen molar-refractivity contribution in [2.75, 3.05) is 14.7 Å². The average molecular weight is 1100 g/mol. The summed E-state index contributed by atoms with van der Waals surface area (Å²) in [5.74, 6) is 1.78. The van der Waals surface area contributed by atoms with E-state index in [2.05, 4.69) is 327 Å². The average Bonchev–Trinajstić information content (AvgIpc) is 1.65. The van der Waals surface area contributed by atoms with Crippen molar-refractivity contribution < 1.29 is 4.74 Å². The SMILES string of the molecule is Cc1cc2c3c(c1)N(c1ccc(C(C)(C)C)cc1)c1cc4c(cc1B3c1ccc(N(c3ccc(C(C)(C)C)cc3)c3ccccc3-c3ccccc3)cc1N2c1ccc(C(C)(C)C)cc1)-c1ccccc1C41c2ccccc2Oc2ccccc21. The first-order valence-electron chi connectivity index (χ1n) is 30.3. The van der Waals surface area contributed by atoms with E-state index in [1.54, 1.807) is 0 Å². The van der Waals surface area contributed by atoms with Gasteiger partial charge in [0.25, 0.3) is 6.71 Å².